The molecule has 4 nitrogen and oxygen atoms in total. The maximum absolute atomic E-state index is 5.91. The molecule has 1 fully saturated rings. The Hall–Kier alpha value is -1.03. The van der Waals surface area contributed by atoms with Gasteiger partial charge in [-0.1, -0.05) is 31.9 Å². The van der Waals surface area contributed by atoms with Crippen LogP contribution in [-0.4, -0.2) is 43.6 Å². The number of nitrogens with zero attached hydrogens (tertiary/aromatic N) is 2. The van der Waals surface area contributed by atoms with Crippen LogP contribution in [0.15, 0.2) is 17.1 Å². The van der Waals surface area contributed by atoms with E-state index in [0.717, 1.165) is 18.0 Å². The molecule has 0 heterocycles. The molecule has 1 aliphatic carbocycles. The van der Waals surface area contributed by atoms with Gasteiger partial charge in [-0.25, -0.2) is 0 Å². The highest BCUT2D eigenvalue weighted by atomic mass is 15.2. The van der Waals surface area contributed by atoms with Gasteiger partial charge in [0, 0.05) is 12.1 Å². The van der Waals surface area contributed by atoms with E-state index >= 15 is 0 Å². The van der Waals surface area contributed by atoms with Crippen LogP contribution in [0.4, 0.5) is 0 Å². The van der Waals surface area contributed by atoms with Crippen LogP contribution < -0.4 is 11.1 Å². The van der Waals surface area contributed by atoms with E-state index in [1.165, 1.54) is 25.7 Å². The van der Waals surface area contributed by atoms with Crippen molar-refractivity contribution < 1.29 is 0 Å². The molecule has 0 aromatic heterocycles. The van der Waals surface area contributed by atoms with Crippen LogP contribution in [-0.2, 0) is 0 Å². The van der Waals surface area contributed by atoms with Crippen LogP contribution in [0.3, 0.4) is 0 Å². The number of hydrogen-bond donors (Lipinski definition) is 2. The van der Waals surface area contributed by atoms with E-state index in [0.29, 0.717) is 12.5 Å². The molecule has 0 amide bonds. The number of rotatable bonds is 5. The molecule has 0 aliphatic heterocycles. The maximum atomic E-state index is 5.91. The summed E-state index contributed by atoms with van der Waals surface area (Å²) in [5, 5.41) is 3.10. The fourth-order valence-corrected chi connectivity index (χ4v) is 2.85. The lowest BCUT2D eigenvalue weighted by molar-refractivity contribution is 0.0845. The Bertz CT molecular complexity index is 335. The number of guanidine groups is 1. The topological polar surface area (TPSA) is 53.6 Å². The van der Waals surface area contributed by atoms with Crippen molar-refractivity contribution in [2.75, 3.05) is 27.2 Å². The molecule has 2 unspecified atom stereocenters. The van der Waals surface area contributed by atoms with Gasteiger partial charge in [0.15, 0.2) is 5.96 Å². The molecule has 1 saturated carbocycles. The Labute approximate surface area is 118 Å². The molecule has 0 aromatic carbocycles. The molecule has 0 spiro atoms. The summed E-state index contributed by atoms with van der Waals surface area (Å²) in [6, 6.07) is 0. The zero-order valence-electron chi connectivity index (χ0n) is 13.0. The lowest BCUT2D eigenvalue weighted by Crippen LogP contribution is -2.50. The first kappa shape index (κ1) is 16.0. The van der Waals surface area contributed by atoms with Crippen LogP contribution in [0, 0.1) is 5.92 Å². The van der Waals surface area contributed by atoms with Crippen LogP contribution in [0.5, 0.6) is 0 Å². The summed E-state index contributed by atoms with van der Waals surface area (Å²) in [6.45, 7) is 9.63. The summed E-state index contributed by atoms with van der Waals surface area (Å²) in [5.74, 6) is 1.30. The Kier molecular flexibility index (Phi) is 5.85. The second-order valence-electron chi connectivity index (χ2n) is 6.33. The molecular weight excluding hydrogens is 236 g/mol. The largest absolute Gasteiger partial charge is 0.370 e. The number of aliphatic imine (C=N–C) groups is 1. The molecular formula is C15H30N4. The van der Waals surface area contributed by atoms with Gasteiger partial charge >= 0.3 is 0 Å². The summed E-state index contributed by atoms with van der Waals surface area (Å²) in [7, 11) is 4.32. The van der Waals surface area contributed by atoms with E-state index in [1.54, 1.807) is 0 Å². The van der Waals surface area contributed by atoms with E-state index in [4.69, 9.17) is 5.73 Å². The van der Waals surface area contributed by atoms with Crippen molar-refractivity contribution in [3.63, 3.8) is 0 Å². The Morgan fingerprint density at radius 3 is 2.74 bits per heavy atom. The average Bonchev–Trinajstić information content (AvgIpc) is 2.33. The fraction of sp³-hybridized carbons (Fsp3) is 0.800. The van der Waals surface area contributed by atoms with Crippen molar-refractivity contribution >= 4 is 5.96 Å². The molecule has 0 radical (unpaired) electrons. The third-order valence-electron chi connectivity index (χ3n) is 4.13. The van der Waals surface area contributed by atoms with Crippen molar-refractivity contribution in [3.8, 4) is 0 Å². The van der Waals surface area contributed by atoms with Crippen molar-refractivity contribution in [1.29, 1.82) is 0 Å². The van der Waals surface area contributed by atoms with Crippen LogP contribution in [0.1, 0.15) is 39.5 Å². The quantitative estimate of drug-likeness (QED) is 0.454. The van der Waals surface area contributed by atoms with Gasteiger partial charge in [-0.3, -0.25) is 4.99 Å². The monoisotopic (exact) mass is 266 g/mol. The van der Waals surface area contributed by atoms with Gasteiger partial charge < -0.3 is 16.0 Å². The molecule has 0 saturated heterocycles. The second kappa shape index (κ2) is 6.94. The number of hydrogen-bond acceptors (Lipinski definition) is 2. The summed E-state index contributed by atoms with van der Waals surface area (Å²) >= 11 is 0. The molecule has 0 aromatic rings. The molecule has 19 heavy (non-hydrogen) atoms. The molecule has 110 valence electrons. The van der Waals surface area contributed by atoms with Crippen molar-refractivity contribution in [2.45, 2.75) is 45.1 Å². The first-order valence-electron chi connectivity index (χ1n) is 7.21. The SMILES string of the molecule is C=C(C)CNC(N)=NCC1(N(C)C)CCCC(C)C1. The number of nitrogens with two attached hydrogens (primary N) is 1. The minimum atomic E-state index is 0.174. The molecule has 2 atom stereocenters. The number of nitrogens with one attached hydrogen (secondary N) is 1. The fourth-order valence-electron chi connectivity index (χ4n) is 2.85. The highest BCUT2D eigenvalue weighted by molar-refractivity contribution is 5.78. The van der Waals surface area contributed by atoms with Crippen LogP contribution in [0.2, 0.25) is 0 Å². The molecule has 3 N–H and O–H groups in total. The average molecular weight is 266 g/mol. The van der Waals surface area contributed by atoms with Crippen molar-refractivity contribution in [1.82, 2.24) is 10.2 Å². The van der Waals surface area contributed by atoms with Gasteiger partial charge in [0.1, 0.15) is 0 Å². The van der Waals surface area contributed by atoms with Crippen LogP contribution in [0.25, 0.3) is 0 Å². The van der Waals surface area contributed by atoms with Gasteiger partial charge in [0.2, 0.25) is 0 Å². The summed E-state index contributed by atoms with van der Waals surface area (Å²) < 4.78 is 0. The standard InChI is InChI=1S/C15H30N4/c1-12(2)10-17-14(16)18-11-15(19(4)5)8-6-7-13(3)9-15/h13H,1,6-11H2,2-5H3,(H3,16,17,18). The predicted molar refractivity (Wildman–Crippen MR) is 83.4 cm³/mol. The van der Waals surface area contributed by atoms with Gasteiger partial charge in [0.25, 0.3) is 0 Å². The minimum Gasteiger partial charge on any atom is -0.370 e. The molecule has 0 bridgehead atoms. The highest BCUT2D eigenvalue weighted by Gasteiger charge is 2.36. The van der Waals surface area contributed by atoms with E-state index < -0.39 is 0 Å². The maximum Gasteiger partial charge on any atom is 0.188 e. The first-order valence-corrected chi connectivity index (χ1v) is 7.21. The Morgan fingerprint density at radius 1 is 1.53 bits per heavy atom. The van der Waals surface area contributed by atoms with Gasteiger partial charge in [0.05, 0.1) is 6.54 Å². The second-order valence-corrected chi connectivity index (χ2v) is 6.33. The third-order valence-corrected chi connectivity index (χ3v) is 4.13. The van der Waals surface area contributed by atoms with Crippen molar-refractivity contribution in [3.05, 3.63) is 12.2 Å². The molecule has 4 heteroatoms. The zero-order valence-corrected chi connectivity index (χ0v) is 13.0. The molecule has 1 aliphatic rings. The van der Waals surface area contributed by atoms with Crippen LogP contribution >= 0.6 is 0 Å². The lowest BCUT2D eigenvalue weighted by Gasteiger charge is -2.44. The first-order chi connectivity index (χ1) is 8.85. The Balaban J connectivity index is 2.63. The normalized spacial score (nSPS) is 28.5. The summed E-state index contributed by atoms with van der Waals surface area (Å²) in [5.41, 5.74) is 7.15. The summed E-state index contributed by atoms with van der Waals surface area (Å²) in [6.07, 6.45) is 5.04. The van der Waals surface area contributed by atoms with Gasteiger partial charge in [-0.2, -0.15) is 0 Å². The Morgan fingerprint density at radius 2 is 2.21 bits per heavy atom. The molecule has 1 rings (SSSR count). The van der Waals surface area contributed by atoms with Gasteiger partial charge in [-0.15, -0.1) is 0 Å². The van der Waals surface area contributed by atoms with E-state index in [2.05, 4.69) is 42.8 Å². The zero-order chi connectivity index (χ0) is 14.5. The highest BCUT2D eigenvalue weighted by Crippen LogP contribution is 2.35. The lowest BCUT2D eigenvalue weighted by atomic mass is 9.75. The minimum absolute atomic E-state index is 0.174. The van der Waals surface area contributed by atoms with Gasteiger partial charge in [-0.05, 0) is 39.8 Å². The number of likely N-dealkylation sites (N-methyl/N-ethyl adjacent to an activating group) is 1. The third kappa shape index (κ3) is 4.86. The predicted octanol–water partition coefficient (Wildman–Crippen LogP) is 1.98. The van der Waals surface area contributed by atoms with E-state index in [-0.39, 0.29) is 5.54 Å². The van der Waals surface area contributed by atoms with E-state index in [1.807, 2.05) is 6.92 Å². The van der Waals surface area contributed by atoms with E-state index in [9.17, 15) is 0 Å². The smallest absolute Gasteiger partial charge is 0.188 e. The van der Waals surface area contributed by atoms with Crippen molar-refractivity contribution in [2.24, 2.45) is 16.6 Å². The summed E-state index contributed by atoms with van der Waals surface area (Å²) in [4.78, 5) is 6.88.